The second kappa shape index (κ2) is 18.8. The molecular formula is C12H31NaO6P2S2. The zero-order valence-electron chi connectivity index (χ0n) is 12.9. The van der Waals surface area contributed by atoms with Crippen molar-refractivity contribution in [3.63, 3.8) is 0 Å². The van der Waals surface area contributed by atoms with Gasteiger partial charge < -0.3 is 29.4 Å². The quantitative estimate of drug-likeness (QED) is 0.261. The van der Waals surface area contributed by atoms with Gasteiger partial charge in [-0.1, -0.05) is 77.0 Å². The zero-order chi connectivity index (χ0) is 17.5. The van der Waals surface area contributed by atoms with Crippen LogP contribution in [0.15, 0.2) is 0 Å². The SMILES string of the molecule is C1CCCCC1.C1CCCCC1.OP(O)(O)=S.OP(O)(O)=S.[NaH]. The average molecular weight is 420 g/mol. The van der Waals surface area contributed by atoms with Crippen molar-refractivity contribution in [2.24, 2.45) is 0 Å². The molecule has 0 amide bonds. The summed E-state index contributed by atoms with van der Waals surface area (Å²) in [5.41, 5.74) is 0. The second-order valence-electron chi connectivity index (χ2n) is 5.27. The molecule has 2 rings (SSSR count). The predicted octanol–water partition coefficient (Wildman–Crippen LogP) is 2.41. The minimum absolute atomic E-state index is 0. The fourth-order valence-corrected chi connectivity index (χ4v) is 2.12. The number of rotatable bonds is 0. The van der Waals surface area contributed by atoms with Crippen LogP contribution in [-0.4, -0.2) is 58.9 Å². The van der Waals surface area contributed by atoms with E-state index in [-0.39, 0.29) is 29.6 Å². The Balaban J connectivity index is -0.000000230. The van der Waals surface area contributed by atoms with Crippen LogP contribution in [0.5, 0.6) is 0 Å². The van der Waals surface area contributed by atoms with Crippen LogP contribution in [0.4, 0.5) is 0 Å². The Labute approximate surface area is 172 Å². The molecule has 11 heteroatoms. The fourth-order valence-electron chi connectivity index (χ4n) is 2.12. The predicted molar refractivity (Wildman–Crippen MR) is 104 cm³/mol. The summed E-state index contributed by atoms with van der Waals surface area (Å²) < 4.78 is 0. The molecule has 0 aromatic carbocycles. The van der Waals surface area contributed by atoms with Crippen LogP contribution < -0.4 is 0 Å². The van der Waals surface area contributed by atoms with Gasteiger partial charge in [-0.25, -0.2) is 0 Å². The third-order valence-electron chi connectivity index (χ3n) is 3.00. The van der Waals surface area contributed by atoms with Crippen molar-refractivity contribution in [2.45, 2.75) is 77.0 Å². The first kappa shape index (κ1) is 29.8. The van der Waals surface area contributed by atoms with Gasteiger partial charge in [-0.05, 0) is 23.6 Å². The third-order valence-corrected chi connectivity index (χ3v) is 3.00. The molecule has 0 radical (unpaired) electrons. The van der Waals surface area contributed by atoms with Crippen molar-refractivity contribution in [3.8, 4) is 0 Å². The molecule has 0 atom stereocenters. The van der Waals surface area contributed by atoms with E-state index in [1.165, 1.54) is 77.0 Å². The van der Waals surface area contributed by atoms with Crippen molar-refractivity contribution >= 4 is 66.6 Å². The van der Waals surface area contributed by atoms with Gasteiger partial charge in [-0.2, -0.15) is 0 Å². The van der Waals surface area contributed by atoms with E-state index in [1.807, 2.05) is 0 Å². The molecule has 0 unspecified atom stereocenters. The molecule has 2 fully saturated rings. The Morgan fingerprint density at radius 1 is 0.391 bits per heavy atom. The Morgan fingerprint density at radius 3 is 0.478 bits per heavy atom. The van der Waals surface area contributed by atoms with Crippen molar-refractivity contribution in [3.05, 3.63) is 0 Å². The van der Waals surface area contributed by atoms with Gasteiger partial charge in [0, 0.05) is 0 Å². The van der Waals surface area contributed by atoms with Gasteiger partial charge in [0.15, 0.2) is 0 Å². The van der Waals surface area contributed by atoms with E-state index in [9.17, 15) is 0 Å². The van der Waals surface area contributed by atoms with E-state index < -0.39 is 13.4 Å². The van der Waals surface area contributed by atoms with Crippen molar-refractivity contribution < 1.29 is 29.4 Å². The van der Waals surface area contributed by atoms with Crippen LogP contribution in [0.2, 0.25) is 0 Å². The van der Waals surface area contributed by atoms with E-state index >= 15 is 0 Å². The summed E-state index contributed by atoms with van der Waals surface area (Å²) in [6.45, 7) is -7.61. The van der Waals surface area contributed by atoms with E-state index in [0.717, 1.165) is 0 Å². The fraction of sp³-hybridized carbons (Fsp3) is 1.00. The molecule has 0 aromatic rings. The van der Waals surface area contributed by atoms with E-state index in [2.05, 4.69) is 23.6 Å². The Kier molecular flexibility index (Phi) is 24.4. The van der Waals surface area contributed by atoms with Gasteiger partial charge in [0.1, 0.15) is 0 Å². The summed E-state index contributed by atoms with van der Waals surface area (Å²) in [6, 6.07) is 0. The normalized spacial score (nSPS) is 17.7. The van der Waals surface area contributed by atoms with Gasteiger partial charge in [-0.3, -0.25) is 0 Å². The van der Waals surface area contributed by atoms with Gasteiger partial charge >= 0.3 is 43.0 Å². The standard InChI is InChI=1S/2C6H12.Na.2H3O3PS.H/c2*1-2-4-6-5-3-1;;2*1-4(2,3)5;/h2*1-6H2;;2*(H3,1,2,3,5);. The topological polar surface area (TPSA) is 121 Å². The summed E-state index contributed by atoms with van der Waals surface area (Å²) in [4.78, 5) is 45.3. The van der Waals surface area contributed by atoms with Crippen LogP contribution in [0.1, 0.15) is 77.0 Å². The molecule has 23 heavy (non-hydrogen) atoms. The molecule has 6 nitrogen and oxygen atoms in total. The molecule has 0 saturated heterocycles. The zero-order valence-corrected chi connectivity index (χ0v) is 16.3. The molecule has 2 aliphatic rings. The van der Waals surface area contributed by atoms with Crippen LogP contribution in [-0.2, 0) is 23.6 Å². The van der Waals surface area contributed by atoms with Crippen LogP contribution in [0.3, 0.4) is 0 Å². The molecule has 0 spiro atoms. The molecule has 0 aromatic heterocycles. The molecule has 0 heterocycles. The minimum atomic E-state index is -3.81. The Morgan fingerprint density at radius 2 is 0.435 bits per heavy atom. The van der Waals surface area contributed by atoms with E-state index in [4.69, 9.17) is 29.4 Å². The molecule has 2 aliphatic carbocycles. The number of hydrogen-bond acceptors (Lipinski definition) is 2. The summed E-state index contributed by atoms with van der Waals surface area (Å²) >= 11 is 7.21. The molecule has 2 saturated carbocycles. The van der Waals surface area contributed by atoms with E-state index in [0.29, 0.717) is 0 Å². The molecular weight excluding hydrogens is 389 g/mol. The molecule has 0 bridgehead atoms. The monoisotopic (exact) mass is 420 g/mol. The van der Waals surface area contributed by atoms with Gasteiger partial charge in [0.05, 0.1) is 0 Å². The first-order valence-electron chi connectivity index (χ1n) is 7.57. The summed E-state index contributed by atoms with van der Waals surface area (Å²) in [6.07, 6.45) is 18.0. The van der Waals surface area contributed by atoms with Crippen LogP contribution >= 0.6 is 13.4 Å². The second-order valence-corrected chi connectivity index (χ2v) is 10.3. The molecule has 0 aliphatic heterocycles. The number of hydrogen-bond donors (Lipinski definition) is 6. The van der Waals surface area contributed by atoms with Crippen molar-refractivity contribution in [2.75, 3.05) is 0 Å². The average Bonchev–Trinajstić information content (AvgIpc) is 2.40. The van der Waals surface area contributed by atoms with E-state index in [1.54, 1.807) is 0 Å². The van der Waals surface area contributed by atoms with Crippen molar-refractivity contribution in [1.29, 1.82) is 0 Å². The van der Waals surface area contributed by atoms with Gasteiger partial charge in [0.2, 0.25) is 0 Å². The Bertz CT molecular complexity index is 258. The first-order chi connectivity index (χ1) is 10.0. The molecule has 138 valence electrons. The molecule has 6 N–H and O–H groups in total. The van der Waals surface area contributed by atoms with Crippen LogP contribution in [0.25, 0.3) is 0 Å². The van der Waals surface area contributed by atoms with Gasteiger partial charge in [0.25, 0.3) is 0 Å². The Hall–Kier alpha value is 2.06. The first-order valence-corrected chi connectivity index (χ1v) is 12.9. The maximum absolute atomic E-state index is 7.56. The van der Waals surface area contributed by atoms with Gasteiger partial charge in [-0.15, -0.1) is 0 Å². The van der Waals surface area contributed by atoms with Crippen LogP contribution in [0, 0.1) is 0 Å². The summed E-state index contributed by atoms with van der Waals surface area (Å²) in [5.74, 6) is 0. The summed E-state index contributed by atoms with van der Waals surface area (Å²) in [7, 11) is 0. The van der Waals surface area contributed by atoms with Crippen molar-refractivity contribution in [1.82, 2.24) is 0 Å². The third kappa shape index (κ3) is 59.2. The maximum atomic E-state index is 7.56. The summed E-state index contributed by atoms with van der Waals surface area (Å²) in [5, 5.41) is 0.